The third-order valence-electron chi connectivity index (χ3n) is 11.3. The number of allylic oxidation sites excluding steroid dienone is 8. The molecule has 8 rings (SSSR count). The Morgan fingerprint density at radius 2 is 0.667 bits per heavy atom. The van der Waals surface area contributed by atoms with E-state index < -0.39 is 0 Å². The summed E-state index contributed by atoms with van der Waals surface area (Å²) in [6.45, 7) is 10.4. The quantitative estimate of drug-likeness (QED) is 0.126. The molecule has 285 valence electrons. The molecule has 57 heavy (non-hydrogen) atoms. The van der Waals surface area contributed by atoms with Gasteiger partial charge in [0.1, 0.15) is 0 Å². The fraction of sp³-hybridized carbons (Fsp3) is 0.200. The Labute approximate surface area is 348 Å². The molecule has 0 spiro atoms. The summed E-state index contributed by atoms with van der Waals surface area (Å²) >= 11 is -0.333. The molecule has 0 fully saturated rings. The first-order valence-corrected chi connectivity index (χ1v) is 25.1. The number of ether oxygens (including phenoxy) is 1. The van der Waals surface area contributed by atoms with Crippen molar-refractivity contribution in [3.8, 4) is 0 Å². The van der Waals surface area contributed by atoms with Gasteiger partial charge in [-0.2, -0.15) is 0 Å². The van der Waals surface area contributed by atoms with Crippen molar-refractivity contribution >= 4 is 33.4 Å². The zero-order valence-corrected chi connectivity index (χ0v) is 36.2. The zero-order chi connectivity index (χ0) is 39.9. The van der Waals surface area contributed by atoms with Crippen molar-refractivity contribution in [3.05, 3.63) is 226 Å². The molecule has 0 amide bonds. The minimum atomic E-state index is -0.333. The van der Waals surface area contributed by atoms with Crippen LogP contribution in [-0.2, 0) is 35.8 Å². The molecule has 0 bridgehead atoms. The van der Waals surface area contributed by atoms with Crippen LogP contribution in [0.3, 0.4) is 0 Å². The van der Waals surface area contributed by atoms with Crippen LogP contribution in [-0.4, -0.2) is 0 Å². The molecular formula is C55H55OTi. The Hall–Kier alpha value is -5.05. The molecule has 0 heterocycles. The van der Waals surface area contributed by atoms with Crippen LogP contribution in [0.2, 0.25) is 15.7 Å². The SMILES string of the molecule is CC1=C(c2ccccc2COCc2ccccc2C2=C(C)C(c3ccccc3)=C(c3ccccc3)C2C)C(C)C(c2ccccc2)=C1c1ccccc1.[CH3][Ti]([CH3])[CH3]. The molecule has 1 nitrogen and oxygen atoms in total. The van der Waals surface area contributed by atoms with Gasteiger partial charge in [-0.3, -0.25) is 0 Å². The molecule has 0 aromatic heterocycles. The number of benzene rings is 6. The second kappa shape index (κ2) is 18.5. The average molecular weight is 780 g/mol. The Kier molecular flexibility index (Phi) is 13.0. The Morgan fingerprint density at radius 1 is 0.386 bits per heavy atom. The fourth-order valence-electron chi connectivity index (χ4n) is 8.98. The van der Waals surface area contributed by atoms with E-state index in [4.69, 9.17) is 4.74 Å². The Balaban J connectivity index is 0.00000119. The summed E-state index contributed by atoms with van der Waals surface area (Å²) < 4.78 is 6.72. The third-order valence-corrected chi connectivity index (χ3v) is 11.3. The van der Waals surface area contributed by atoms with E-state index >= 15 is 0 Å². The first-order valence-electron chi connectivity index (χ1n) is 20.4. The molecule has 0 radical (unpaired) electrons. The standard InChI is InChI=1S/C52H46O.3CH3.Ti/c1-35-47(36(2)50(40-23-11-6-12-24-40)49(35)39-21-9-5-10-22-39)45-31-19-17-29-43(45)33-53-34-44-30-18-20-32-46(44)48-37(3)51(41-25-13-7-14-26-41)52(38(48)4)42-27-15-8-16-28-42;;;;/h5-32,35,37H,33-34H2,1-4H3;3*1H3;. The maximum atomic E-state index is 6.72. The van der Waals surface area contributed by atoms with Crippen molar-refractivity contribution in [2.45, 2.75) is 56.6 Å². The van der Waals surface area contributed by atoms with Crippen LogP contribution >= 0.6 is 0 Å². The van der Waals surface area contributed by atoms with Gasteiger partial charge in [-0.05, 0) is 103 Å². The van der Waals surface area contributed by atoms with Crippen LogP contribution in [0.25, 0.3) is 33.4 Å². The van der Waals surface area contributed by atoms with Gasteiger partial charge >= 0.3 is 33.6 Å². The van der Waals surface area contributed by atoms with Crippen molar-refractivity contribution in [1.29, 1.82) is 0 Å². The zero-order valence-electron chi connectivity index (χ0n) is 34.6. The van der Waals surface area contributed by atoms with Crippen molar-refractivity contribution in [1.82, 2.24) is 0 Å². The minimum absolute atomic E-state index is 0.235. The molecule has 2 aliphatic carbocycles. The molecule has 0 saturated carbocycles. The van der Waals surface area contributed by atoms with Gasteiger partial charge in [-0.1, -0.05) is 184 Å². The van der Waals surface area contributed by atoms with E-state index in [1.165, 1.54) is 89.1 Å². The molecular weight excluding hydrogens is 724 g/mol. The van der Waals surface area contributed by atoms with Gasteiger partial charge in [-0.25, -0.2) is 0 Å². The molecule has 0 saturated heterocycles. The molecule has 2 atom stereocenters. The van der Waals surface area contributed by atoms with Crippen molar-refractivity contribution < 1.29 is 22.6 Å². The molecule has 2 unspecified atom stereocenters. The summed E-state index contributed by atoms with van der Waals surface area (Å²) in [6, 6.07) is 61.2. The Bertz CT molecular complexity index is 2260. The Morgan fingerprint density at radius 3 is 1.00 bits per heavy atom. The molecule has 6 aromatic carbocycles. The van der Waals surface area contributed by atoms with E-state index in [-0.39, 0.29) is 29.7 Å². The molecule has 0 N–H and O–H groups in total. The summed E-state index contributed by atoms with van der Waals surface area (Å²) in [7, 11) is 0. The predicted molar refractivity (Wildman–Crippen MR) is 242 cm³/mol. The second-order valence-corrected chi connectivity index (χ2v) is 20.6. The van der Waals surface area contributed by atoms with Crippen molar-refractivity contribution in [2.24, 2.45) is 11.8 Å². The number of hydrogen-bond donors (Lipinski definition) is 0. The van der Waals surface area contributed by atoms with Crippen molar-refractivity contribution in [2.75, 3.05) is 0 Å². The van der Waals surface area contributed by atoms with Crippen LogP contribution in [0.5, 0.6) is 0 Å². The van der Waals surface area contributed by atoms with E-state index in [0.717, 1.165) is 0 Å². The van der Waals surface area contributed by atoms with E-state index in [9.17, 15) is 0 Å². The normalized spacial score (nSPS) is 16.6. The number of hydrogen-bond acceptors (Lipinski definition) is 1. The third kappa shape index (κ3) is 8.63. The summed E-state index contributed by atoms with van der Waals surface area (Å²) in [5.41, 5.74) is 21.0. The molecule has 2 aliphatic rings. The van der Waals surface area contributed by atoms with E-state index in [0.29, 0.717) is 13.2 Å². The average Bonchev–Trinajstić information content (AvgIpc) is 3.66. The first-order chi connectivity index (χ1) is 27.8. The van der Waals surface area contributed by atoms with Gasteiger partial charge in [0.2, 0.25) is 0 Å². The second-order valence-electron chi connectivity index (χ2n) is 15.9. The van der Waals surface area contributed by atoms with Crippen molar-refractivity contribution in [3.63, 3.8) is 0 Å². The van der Waals surface area contributed by atoms with E-state index in [1.54, 1.807) is 0 Å². The monoisotopic (exact) mass is 779 g/mol. The van der Waals surface area contributed by atoms with E-state index in [2.05, 4.69) is 213 Å². The van der Waals surface area contributed by atoms with Gasteiger partial charge < -0.3 is 4.74 Å². The van der Waals surface area contributed by atoms with Crippen LogP contribution < -0.4 is 0 Å². The van der Waals surface area contributed by atoms with Crippen LogP contribution in [0, 0.1) is 11.8 Å². The first kappa shape index (κ1) is 40.2. The van der Waals surface area contributed by atoms with Gasteiger partial charge in [0, 0.05) is 11.8 Å². The van der Waals surface area contributed by atoms with Gasteiger partial charge in [-0.15, -0.1) is 0 Å². The fourth-order valence-corrected chi connectivity index (χ4v) is 8.98. The number of rotatable bonds is 10. The summed E-state index contributed by atoms with van der Waals surface area (Å²) in [5.74, 6) is 0.469. The van der Waals surface area contributed by atoms with E-state index in [1.807, 2.05) is 0 Å². The summed E-state index contributed by atoms with van der Waals surface area (Å²) in [5, 5.41) is 7.00. The van der Waals surface area contributed by atoms with Crippen LogP contribution in [0.15, 0.2) is 181 Å². The van der Waals surface area contributed by atoms with Gasteiger partial charge in [0.25, 0.3) is 0 Å². The topological polar surface area (TPSA) is 9.23 Å². The van der Waals surface area contributed by atoms with Crippen LogP contribution in [0.1, 0.15) is 72.2 Å². The summed E-state index contributed by atoms with van der Waals surface area (Å²) in [4.78, 5) is 0. The van der Waals surface area contributed by atoms with Gasteiger partial charge in [0.15, 0.2) is 0 Å². The molecule has 6 aromatic rings. The summed E-state index contributed by atoms with van der Waals surface area (Å²) in [6.07, 6.45) is 0. The molecule has 2 heteroatoms. The predicted octanol–water partition coefficient (Wildman–Crippen LogP) is 15.2. The molecule has 0 aliphatic heterocycles. The maximum absolute atomic E-state index is 6.72. The van der Waals surface area contributed by atoms with Crippen LogP contribution in [0.4, 0.5) is 0 Å². The van der Waals surface area contributed by atoms with Gasteiger partial charge in [0.05, 0.1) is 13.2 Å².